The van der Waals surface area contributed by atoms with Crippen molar-refractivity contribution in [3.05, 3.63) is 29.8 Å². The summed E-state index contributed by atoms with van der Waals surface area (Å²) in [5.41, 5.74) is 0.529. The van der Waals surface area contributed by atoms with Crippen LogP contribution >= 0.6 is 22.6 Å². The van der Waals surface area contributed by atoms with Crippen LogP contribution in [0.1, 0.15) is 24.8 Å². The van der Waals surface area contributed by atoms with E-state index < -0.39 is 6.36 Å². The summed E-state index contributed by atoms with van der Waals surface area (Å²) in [6.07, 6.45) is -2.44. The summed E-state index contributed by atoms with van der Waals surface area (Å²) in [6.45, 7) is 1.96. The molecular weight excluding hydrogens is 408 g/mol. The van der Waals surface area contributed by atoms with Crippen LogP contribution < -0.4 is 4.74 Å². The van der Waals surface area contributed by atoms with Crippen LogP contribution in [0.25, 0.3) is 0 Å². The van der Waals surface area contributed by atoms with Gasteiger partial charge < -0.3 is 4.74 Å². The van der Waals surface area contributed by atoms with Crippen LogP contribution in [0, 0.1) is 11.3 Å². The summed E-state index contributed by atoms with van der Waals surface area (Å²) in [7, 11) is 0. The molecule has 0 aromatic heterocycles. The molecule has 0 N–H and O–H groups in total. The predicted molar refractivity (Wildman–Crippen MR) is 84.6 cm³/mol. The van der Waals surface area contributed by atoms with E-state index in [1.165, 1.54) is 12.1 Å². The van der Waals surface area contributed by atoms with Gasteiger partial charge in [-0.2, -0.15) is 5.26 Å². The van der Waals surface area contributed by atoms with Gasteiger partial charge in [-0.05, 0) is 32.0 Å². The number of benzene rings is 1. The molecule has 0 unspecified atom stereocenters. The third kappa shape index (κ3) is 5.02. The van der Waals surface area contributed by atoms with E-state index in [9.17, 15) is 13.2 Å². The van der Waals surface area contributed by atoms with Gasteiger partial charge >= 0.3 is 6.36 Å². The van der Waals surface area contributed by atoms with Crippen molar-refractivity contribution < 1.29 is 17.9 Å². The van der Waals surface area contributed by atoms with Gasteiger partial charge in [-0.15, -0.1) is 13.2 Å². The zero-order valence-electron chi connectivity index (χ0n) is 11.9. The van der Waals surface area contributed by atoms with Gasteiger partial charge in [-0.3, -0.25) is 4.90 Å². The van der Waals surface area contributed by atoms with Gasteiger partial charge in [0.25, 0.3) is 0 Å². The van der Waals surface area contributed by atoms with Crippen molar-refractivity contribution in [1.82, 2.24) is 4.90 Å². The van der Waals surface area contributed by atoms with Crippen LogP contribution in [0.3, 0.4) is 0 Å². The first-order chi connectivity index (χ1) is 10.3. The average molecular weight is 424 g/mol. The Labute approximate surface area is 141 Å². The number of ether oxygens (including phenoxy) is 1. The Morgan fingerprint density at radius 3 is 2.50 bits per heavy atom. The lowest BCUT2D eigenvalue weighted by molar-refractivity contribution is -0.275. The topological polar surface area (TPSA) is 36.3 Å². The van der Waals surface area contributed by atoms with Crippen molar-refractivity contribution in [2.24, 2.45) is 0 Å². The molecule has 1 aromatic rings. The van der Waals surface area contributed by atoms with Crippen molar-refractivity contribution >= 4 is 22.6 Å². The second-order valence-electron chi connectivity index (χ2n) is 5.42. The smallest absolute Gasteiger partial charge is 0.405 e. The van der Waals surface area contributed by atoms with Gasteiger partial charge in [0.15, 0.2) is 0 Å². The van der Waals surface area contributed by atoms with E-state index in [-0.39, 0.29) is 9.17 Å². The summed E-state index contributed by atoms with van der Waals surface area (Å²) in [5.74, 6) is -0.140. The maximum Gasteiger partial charge on any atom is 0.573 e. The van der Waals surface area contributed by atoms with E-state index in [2.05, 4.69) is 38.3 Å². The van der Waals surface area contributed by atoms with E-state index >= 15 is 0 Å². The zero-order chi connectivity index (χ0) is 16.2. The monoisotopic (exact) mass is 424 g/mol. The first kappa shape index (κ1) is 17.3. The molecule has 1 heterocycles. The fraction of sp³-hybridized carbons (Fsp3) is 0.533. The molecule has 7 heteroatoms. The molecule has 2 rings (SSSR count). The van der Waals surface area contributed by atoms with Gasteiger partial charge in [0.05, 0.1) is 6.07 Å². The number of para-hydroxylation sites is 1. The summed E-state index contributed by atoms with van der Waals surface area (Å²) in [5, 5.41) is 8.84. The van der Waals surface area contributed by atoms with Crippen molar-refractivity contribution in [2.45, 2.75) is 35.6 Å². The highest BCUT2D eigenvalue weighted by Crippen LogP contribution is 2.36. The number of nitrogens with zero attached hydrogens (tertiary/aromatic N) is 2. The van der Waals surface area contributed by atoms with E-state index in [1.807, 2.05) is 0 Å². The number of halogens is 4. The molecule has 120 valence electrons. The Hall–Kier alpha value is -1.01. The Balaban J connectivity index is 2.00. The standard InChI is InChI=1S/C15H16F3IN2O/c16-15(17,18)22-13-4-2-1-3-12(13)11-21-9-6-14(19,5-8-20)7-10-21/h1-4H,5-7,9-11H2. The number of likely N-dealkylation sites (tertiary alicyclic amines) is 1. The third-order valence-electron chi connectivity index (χ3n) is 3.74. The third-order valence-corrected chi connectivity index (χ3v) is 5.20. The number of hydrogen-bond acceptors (Lipinski definition) is 3. The summed E-state index contributed by atoms with van der Waals surface area (Å²) in [4.78, 5) is 2.10. The van der Waals surface area contributed by atoms with E-state index in [4.69, 9.17) is 5.26 Å². The van der Waals surface area contributed by atoms with Crippen LogP contribution in [0.4, 0.5) is 13.2 Å². The molecule has 0 radical (unpaired) electrons. The molecule has 1 aliphatic heterocycles. The fourth-order valence-corrected chi connectivity index (χ4v) is 3.18. The molecular formula is C15H16F3IN2O. The second kappa shape index (κ2) is 7.04. The average Bonchev–Trinajstić information content (AvgIpc) is 2.42. The second-order valence-corrected chi connectivity index (χ2v) is 7.71. The minimum atomic E-state index is -4.68. The minimum Gasteiger partial charge on any atom is -0.405 e. The van der Waals surface area contributed by atoms with Crippen molar-refractivity contribution in [3.8, 4) is 11.8 Å². The predicted octanol–water partition coefficient (Wildman–Crippen LogP) is 4.27. The van der Waals surface area contributed by atoms with Gasteiger partial charge in [0.2, 0.25) is 0 Å². The Kier molecular flexibility index (Phi) is 5.55. The van der Waals surface area contributed by atoms with Crippen LogP contribution in [0.15, 0.2) is 24.3 Å². The Morgan fingerprint density at radius 2 is 1.91 bits per heavy atom. The van der Waals surface area contributed by atoms with E-state index in [0.717, 1.165) is 25.9 Å². The highest BCUT2D eigenvalue weighted by molar-refractivity contribution is 14.1. The zero-order valence-corrected chi connectivity index (χ0v) is 14.0. The lowest BCUT2D eigenvalue weighted by Gasteiger charge is -2.36. The number of piperidine rings is 1. The molecule has 1 aliphatic rings. The van der Waals surface area contributed by atoms with Crippen LogP contribution in [-0.2, 0) is 6.54 Å². The maximum atomic E-state index is 12.4. The summed E-state index contributed by atoms with van der Waals surface area (Å²) >= 11 is 2.33. The minimum absolute atomic E-state index is 0.00893. The van der Waals surface area contributed by atoms with Crippen LogP contribution in [-0.4, -0.2) is 27.8 Å². The molecule has 1 saturated heterocycles. The molecule has 0 amide bonds. The van der Waals surface area contributed by atoms with Gasteiger partial charge in [0.1, 0.15) is 5.75 Å². The highest BCUT2D eigenvalue weighted by Gasteiger charge is 2.34. The molecule has 22 heavy (non-hydrogen) atoms. The molecule has 1 aromatic carbocycles. The molecule has 1 fully saturated rings. The first-order valence-corrected chi connectivity index (χ1v) is 8.01. The molecule has 0 spiro atoms. The number of alkyl halides is 4. The molecule has 3 nitrogen and oxygen atoms in total. The van der Waals surface area contributed by atoms with Crippen molar-refractivity contribution in [3.63, 3.8) is 0 Å². The lowest BCUT2D eigenvalue weighted by Crippen LogP contribution is -2.40. The quantitative estimate of drug-likeness (QED) is 0.535. The molecule has 0 saturated carbocycles. The summed E-state index contributed by atoms with van der Waals surface area (Å²) < 4.78 is 41.3. The SMILES string of the molecule is N#CCC1(I)CCN(Cc2ccccc2OC(F)(F)F)CC1. The van der Waals surface area contributed by atoms with E-state index in [1.54, 1.807) is 12.1 Å². The maximum absolute atomic E-state index is 12.4. The molecule has 0 bridgehead atoms. The lowest BCUT2D eigenvalue weighted by atomic mass is 9.94. The van der Waals surface area contributed by atoms with Crippen LogP contribution in [0.2, 0.25) is 0 Å². The fourth-order valence-electron chi connectivity index (χ4n) is 2.53. The van der Waals surface area contributed by atoms with E-state index in [0.29, 0.717) is 18.5 Å². The molecule has 0 aliphatic carbocycles. The Morgan fingerprint density at radius 1 is 1.27 bits per heavy atom. The first-order valence-electron chi connectivity index (χ1n) is 6.93. The van der Waals surface area contributed by atoms with Gasteiger partial charge in [-0.25, -0.2) is 0 Å². The van der Waals surface area contributed by atoms with Gasteiger partial charge in [-0.1, -0.05) is 40.8 Å². The van der Waals surface area contributed by atoms with Crippen molar-refractivity contribution in [2.75, 3.05) is 13.1 Å². The van der Waals surface area contributed by atoms with Gasteiger partial charge in [0, 0.05) is 22.0 Å². The van der Waals surface area contributed by atoms with Crippen molar-refractivity contribution in [1.29, 1.82) is 5.26 Å². The number of nitriles is 1. The largest absolute Gasteiger partial charge is 0.573 e. The molecule has 0 atom stereocenters. The Bertz CT molecular complexity index is 548. The number of hydrogen-bond donors (Lipinski definition) is 0. The number of rotatable bonds is 4. The van der Waals surface area contributed by atoms with Crippen LogP contribution in [0.5, 0.6) is 5.75 Å². The normalized spacial score (nSPS) is 18.7. The highest BCUT2D eigenvalue weighted by atomic mass is 127. The summed E-state index contributed by atoms with van der Waals surface area (Å²) in [6, 6.07) is 8.44.